The summed E-state index contributed by atoms with van der Waals surface area (Å²) in [7, 11) is 0. The Morgan fingerprint density at radius 3 is 2.52 bits per heavy atom. The van der Waals surface area contributed by atoms with Gasteiger partial charge in [-0.25, -0.2) is 0 Å². The van der Waals surface area contributed by atoms with Gasteiger partial charge < -0.3 is 15.4 Å². The molecule has 0 aliphatic carbocycles. The SMILES string of the molecule is CCOc1c(Br)cc(Cl)cc1NC(=O)CSCC(=O)Nc1cccc(C)c1. The Balaban J connectivity index is 1.85. The summed E-state index contributed by atoms with van der Waals surface area (Å²) in [4.78, 5) is 24.2. The van der Waals surface area contributed by atoms with E-state index in [1.807, 2.05) is 38.1 Å². The van der Waals surface area contributed by atoms with Gasteiger partial charge in [-0.05, 0) is 59.6 Å². The van der Waals surface area contributed by atoms with Crippen molar-refractivity contribution in [1.82, 2.24) is 0 Å². The van der Waals surface area contributed by atoms with E-state index in [1.165, 1.54) is 11.8 Å². The topological polar surface area (TPSA) is 67.4 Å². The van der Waals surface area contributed by atoms with E-state index in [1.54, 1.807) is 12.1 Å². The molecule has 2 amide bonds. The van der Waals surface area contributed by atoms with E-state index in [0.29, 0.717) is 27.5 Å². The van der Waals surface area contributed by atoms with Crippen molar-refractivity contribution in [2.45, 2.75) is 13.8 Å². The normalized spacial score (nSPS) is 10.4. The maximum Gasteiger partial charge on any atom is 0.234 e. The molecule has 0 saturated heterocycles. The van der Waals surface area contributed by atoms with E-state index in [0.717, 1.165) is 11.3 Å². The highest BCUT2D eigenvalue weighted by atomic mass is 79.9. The molecule has 0 atom stereocenters. The molecule has 0 fully saturated rings. The van der Waals surface area contributed by atoms with E-state index in [2.05, 4.69) is 26.6 Å². The minimum Gasteiger partial charge on any atom is -0.491 e. The van der Waals surface area contributed by atoms with Crippen molar-refractivity contribution in [2.75, 3.05) is 28.7 Å². The van der Waals surface area contributed by atoms with Crippen LogP contribution in [0, 0.1) is 6.92 Å². The molecule has 0 aromatic heterocycles. The lowest BCUT2D eigenvalue weighted by atomic mass is 10.2. The van der Waals surface area contributed by atoms with Crippen molar-refractivity contribution in [3.63, 3.8) is 0 Å². The predicted octanol–water partition coefficient (Wildman–Crippen LogP) is 5.12. The van der Waals surface area contributed by atoms with Crippen molar-refractivity contribution < 1.29 is 14.3 Å². The quantitative estimate of drug-likeness (QED) is 0.561. The van der Waals surface area contributed by atoms with Crippen LogP contribution in [0.1, 0.15) is 12.5 Å². The molecule has 5 nitrogen and oxygen atoms in total. The Morgan fingerprint density at radius 2 is 1.85 bits per heavy atom. The number of ether oxygens (including phenoxy) is 1. The van der Waals surface area contributed by atoms with Crippen molar-refractivity contribution in [3.8, 4) is 5.75 Å². The minimum atomic E-state index is -0.238. The Kier molecular flexibility index (Phi) is 8.47. The van der Waals surface area contributed by atoms with Gasteiger partial charge in [-0.3, -0.25) is 9.59 Å². The fourth-order valence-corrected chi connectivity index (χ4v) is 3.83. The first-order valence-corrected chi connectivity index (χ1v) is 10.6. The summed E-state index contributed by atoms with van der Waals surface area (Å²) in [6.45, 7) is 4.27. The van der Waals surface area contributed by atoms with E-state index in [9.17, 15) is 9.59 Å². The lowest BCUT2D eigenvalue weighted by molar-refractivity contribution is -0.114. The lowest BCUT2D eigenvalue weighted by Gasteiger charge is -2.14. The first kappa shape index (κ1) is 21.6. The Morgan fingerprint density at radius 1 is 1.15 bits per heavy atom. The minimum absolute atomic E-state index is 0.136. The Labute approximate surface area is 176 Å². The van der Waals surface area contributed by atoms with Crippen molar-refractivity contribution in [3.05, 3.63) is 51.5 Å². The van der Waals surface area contributed by atoms with Crippen LogP contribution in [0.3, 0.4) is 0 Å². The van der Waals surface area contributed by atoms with Crippen LogP contribution in [-0.2, 0) is 9.59 Å². The molecule has 0 radical (unpaired) electrons. The molecule has 8 heteroatoms. The summed E-state index contributed by atoms with van der Waals surface area (Å²) >= 11 is 10.7. The number of anilines is 2. The second kappa shape index (κ2) is 10.6. The smallest absolute Gasteiger partial charge is 0.234 e. The molecule has 144 valence electrons. The number of rotatable bonds is 8. The molecule has 0 heterocycles. The van der Waals surface area contributed by atoms with Crippen LogP contribution < -0.4 is 15.4 Å². The Hall–Kier alpha value is -1.70. The fourth-order valence-electron chi connectivity index (χ4n) is 2.29. The molecule has 0 bridgehead atoms. The fraction of sp³-hybridized carbons (Fsp3) is 0.263. The molecule has 0 spiro atoms. The number of thioether (sulfide) groups is 1. The monoisotopic (exact) mass is 470 g/mol. The summed E-state index contributed by atoms with van der Waals surface area (Å²) in [5, 5.41) is 6.07. The molecule has 2 aromatic rings. The van der Waals surface area contributed by atoms with Gasteiger partial charge in [0.15, 0.2) is 5.75 Å². The molecule has 2 rings (SSSR count). The van der Waals surface area contributed by atoms with Crippen molar-refractivity contribution in [2.24, 2.45) is 0 Å². The van der Waals surface area contributed by atoms with Crippen LogP contribution in [0.4, 0.5) is 11.4 Å². The maximum absolute atomic E-state index is 12.2. The highest BCUT2D eigenvalue weighted by Crippen LogP contribution is 2.36. The number of amides is 2. The van der Waals surface area contributed by atoms with Gasteiger partial charge in [0.05, 0.1) is 28.3 Å². The summed E-state index contributed by atoms with van der Waals surface area (Å²) in [5.41, 5.74) is 2.30. The highest BCUT2D eigenvalue weighted by Gasteiger charge is 2.13. The number of aryl methyl sites for hydroxylation is 1. The van der Waals surface area contributed by atoms with Crippen LogP contribution in [0.5, 0.6) is 5.75 Å². The van der Waals surface area contributed by atoms with Crippen molar-refractivity contribution in [1.29, 1.82) is 0 Å². The van der Waals surface area contributed by atoms with Crippen molar-refractivity contribution >= 4 is 62.5 Å². The maximum atomic E-state index is 12.2. The standard InChI is InChI=1S/C19H20BrClN2O3S/c1-3-26-19-15(20)8-13(21)9-16(19)23-18(25)11-27-10-17(24)22-14-6-4-5-12(2)7-14/h4-9H,3,10-11H2,1-2H3,(H,22,24)(H,23,25). The predicted molar refractivity (Wildman–Crippen MR) is 116 cm³/mol. The molecular formula is C19H20BrClN2O3S. The zero-order chi connectivity index (χ0) is 19.8. The van der Waals surface area contributed by atoms with Gasteiger partial charge >= 0.3 is 0 Å². The first-order valence-electron chi connectivity index (χ1n) is 8.25. The molecule has 0 aliphatic heterocycles. The molecule has 27 heavy (non-hydrogen) atoms. The molecule has 0 unspecified atom stereocenters. The molecular weight excluding hydrogens is 452 g/mol. The Bertz CT molecular complexity index is 833. The number of carbonyl (C=O) groups is 2. The van der Waals surface area contributed by atoms with E-state index < -0.39 is 0 Å². The number of nitrogens with one attached hydrogen (secondary N) is 2. The summed E-state index contributed by atoms with van der Waals surface area (Å²) in [6.07, 6.45) is 0. The number of benzene rings is 2. The first-order chi connectivity index (χ1) is 12.9. The van der Waals surface area contributed by atoms with Crippen LogP contribution in [0.15, 0.2) is 40.9 Å². The second-order valence-corrected chi connectivity index (χ2v) is 7.93. The van der Waals surface area contributed by atoms with Gasteiger partial charge in [-0.2, -0.15) is 0 Å². The number of carbonyl (C=O) groups excluding carboxylic acids is 2. The zero-order valence-electron chi connectivity index (χ0n) is 15.0. The molecule has 2 aromatic carbocycles. The van der Waals surface area contributed by atoms with Crippen LogP contribution in [-0.4, -0.2) is 29.9 Å². The highest BCUT2D eigenvalue weighted by molar-refractivity contribution is 9.10. The van der Waals surface area contributed by atoms with Crippen LogP contribution >= 0.6 is 39.3 Å². The molecule has 0 aliphatic rings. The number of hydrogen-bond acceptors (Lipinski definition) is 4. The van der Waals surface area contributed by atoms with E-state index >= 15 is 0 Å². The van der Waals surface area contributed by atoms with E-state index in [-0.39, 0.29) is 23.3 Å². The third kappa shape index (κ3) is 7.08. The lowest BCUT2D eigenvalue weighted by Crippen LogP contribution is -2.19. The van der Waals surface area contributed by atoms with Gasteiger partial charge in [-0.15, -0.1) is 11.8 Å². The molecule has 2 N–H and O–H groups in total. The van der Waals surface area contributed by atoms with Crippen LogP contribution in [0.2, 0.25) is 5.02 Å². The zero-order valence-corrected chi connectivity index (χ0v) is 18.1. The van der Waals surface area contributed by atoms with Gasteiger partial charge in [0.1, 0.15) is 0 Å². The van der Waals surface area contributed by atoms with Crippen LogP contribution in [0.25, 0.3) is 0 Å². The van der Waals surface area contributed by atoms with Gasteiger partial charge in [0, 0.05) is 10.7 Å². The average Bonchev–Trinajstić information content (AvgIpc) is 2.58. The largest absolute Gasteiger partial charge is 0.491 e. The summed E-state index contributed by atoms with van der Waals surface area (Å²) in [5.74, 6) is 0.449. The average molecular weight is 472 g/mol. The number of hydrogen-bond donors (Lipinski definition) is 2. The van der Waals surface area contributed by atoms with Gasteiger partial charge in [0.2, 0.25) is 11.8 Å². The van der Waals surface area contributed by atoms with Gasteiger partial charge in [-0.1, -0.05) is 23.7 Å². The second-order valence-electron chi connectivity index (χ2n) is 5.66. The third-order valence-corrected chi connectivity index (χ3v) is 5.08. The summed E-state index contributed by atoms with van der Waals surface area (Å²) in [6, 6.07) is 10.9. The van der Waals surface area contributed by atoms with E-state index in [4.69, 9.17) is 16.3 Å². The van der Waals surface area contributed by atoms with Gasteiger partial charge in [0.25, 0.3) is 0 Å². The third-order valence-electron chi connectivity index (χ3n) is 3.34. The summed E-state index contributed by atoms with van der Waals surface area (Å²) < 4.78 is 6.22. The number of halogens is 2. The molecule has 0 saturated carbocycles.